The summed E-state index contributed by atoms with van der Waals surface area (Å²) in [6, 6.07) is 8.62. The van der Waals surface area contributed by atoms with Crippen LogP contribution in [0.4, 0.5) is 4.39 Å². The molecular weight excluding hydrogens is 239 g/mol. The zero-order valence-electron chi connectivity index (χ0n) is 9.16. The molecule has 0 radical (unpaired) electrons. The van der Waals surface area contributed by atoms with Crippen molar-refractivity contribution in [3.8, 4) is 0 Å². The summed E-state index contributed by atoms with van der Waals surface area (Å²) in [6.45, 7) is 1.72. The van der Waals surface area contributed by atoms with Crippen molar-refractivity contribution in [3.05, 3.63) is 58.6 Å². The molecule has 2 aromatic rings. The lowest BCUT2D eigenvalue weighted by molar-refractivity contribution is 0.453. The largest absolute Gasteiger partial charge is 0.348 e. The molecule has 1 atom stereocenters. The normalized spacial score (nSPS) is 19.1. The highest BCUT2D eigenvalue weighted by molar-refractivity contribution is 6.31. The summed E-state index contributed by atoms with van der Waals surface area (Å²) in [7, 11) is 0. The summed E-state index contributed by atoms with van der Waals surface area (Å²) in [6.07, 6.45) is 2.01. The molecule has 0 bridgehead atoms. The molecule has 0 amide bonds. The Morgan fingerprint density at radius 3 is 3.00 bits per heavy atom. The van der Waals surface area contributed by atoms with Gasteiger partial charge in [-0.2, -0.15) is 0 Å². The van der Waals surface area contributed by atoms with E-state index in [1.807, 2.05) is 18.3 Å². The van der Waals surface area contributed by atoms with Crippen LogP contribution in [0.2, 0.25) is 5.02 Å². The van der Waals surface area contributed by atoms with E-state index in [1.54, 1.807) is 12.1 Å². The van der Waals surface area contributed by atoms with Gasteiger partial charge in [0.1, 0.15) is 5.82 Å². The molecule has 0 saturated carbocycles. The number of benzene rings is 1. The van der Waals surface area contributed by atoms with Crippen molar-refractivity contribution in [3.63, 3.8) is 0 Å². The molecule has 4 heteroatoms. The predicted molar refractivity (Wildman–Crippen MR) is 65.7 cm³/mol. The molecule has 1 aromatic carbocycles. The van der Waals surface area contributed by atoms with Gasteiger partial charge in [0.05, 0.1) is 6.04 Å². The SMILES string of the molecule is Fc1cccc(Cl)c1C1NCCn2cccc21. The minimum Gasteiger partial charge on any atom is -0.348 e. The Balaban J connectivity index is 2.13. The first-order valence-corrected chi connectivity index (χ1v) is 5.97. The van der Waals surface area contributed by atoms with Crippen molar-refractivity contribution in [2.75, 3.05) is 6.54 Å². The third kappa shape index (κ3) is 1.75. The van der Waals surface area contributed by atoms with Crippen LogP contribution in [0, 0.1) is 5.82 Å². The van der Waals surface area contributed by atoms with Crippen LogP contribution in [0.3, 0.4) is 0 Å². The van der Waals surface area contributed by atoms with Crippen LogP contribution in [0.25, 0.3) is 0 Å². The molecule has 88 valence electrons. The molecule has 2 heterocycles. The fraction of sp³-hybridized carbons (Fsp3) is 0.231. The van der Waals surface area contributed by atoms with Crippen LogP contribution >= 0.6 is 11.6 Å². The first kappa shape index (κ1) is 10.8. The monoisotopic (exact) mass is 250 g/mol. The van der Waals surface area contributed by atoms with E-state index in [4.69, 9.17) is 11.6 Å². The maximum Gasteiger partial charge on any atom is 0.129 e. The molecule has 1 N–H and O–H groups in total. The number of aromatic nitrogens is 1. The van der Waals surface area contributed by atoms with Gasteiger partial charge >= 0.3 is 0 Å². The molecule has 0 fully saturated rings. The Kier molecular flexibility index (Phi) is 2.65. The molecule has 0 saturated heterocycles. The van der Waals surface area contributed by atoms with Gasteiger partial charge in [-0.1, -0.05) is 17.7 Å². The maximum absolute atomic E-state index is 13.9. The second-order valence-electron chi connectivity index (χ2n) is 4.15. The lowest BCUT2D eigenvalue weighted by Crippen LogP contribution is -2.34. The zero-order valence-corrected chi connectivity index (χ0v) is 9.91. The van der Waals surface area contributed by atoms with Gasteiger partial charge in [-0.15, -0.1) is 0 Å². The number of fused-ring (bicyclic) bond motifs is 1. The number of nitrogens with zero attached hydrogens (tertiary/aromatic N) is 1. The summed E-state index contributed by atoms with van der Waals surface area (Å²) >= 11 is 6.11. The number of halogens is 2. The van der Waals surface area contributed by atoms with E-state index in [9.17, 15) is 4.39 Å². The maximum atomic E-state index is 13.9. The van der Waals surface area contributed by atoms with Gasteiger partial charge in [0.15, 0.2) is 0 Å². The Labute approximate surface area is 104 Å². The van der Waals surface area contributed by atoms with Crippen molar-refractivity contribution in [1.82, 2.24) is 9.88 Å². The number of hydrogen-bond acceptors (Lipinski definition) is 1. The second kappa shape index (κ2) is 4.17. The van der Waals surface area contributed by atoms with E-state index in [2.05, 4.69) is 9.88 Å². The smallest absolute Gasteiger partial charge is 0.129 e. The van der Waals surface area contributed by atoms with Crippen LogP contribution in [0.1, 0.15) is 17.3 Å². The van der Waals surface area contributed by atoms with E-state index in [-0.39, 0.29) is 11.9 Å². The molecule has 1 unspecified atom stereocenters. The lowest BCUT2D eigenvalue weighted by atomic mass is 10.0. The quantitative estimate of drug-likeness (QED) is 0.823. The molecule has 3 rings (SSSR count). The standard InChI is InChI=1S/C13H12ClFN2/c14-9-3-1-4-10(15)12(9)13-11-5-2-7-17(11)8-6-16-13/h1-5,7,13,16H,6,8H2. The van der Waals surface area contributed by atoms with E-state index >= 15 is 0 Å². The molecular formula is C13H12ClFN2. The molecule has 1 aromatic heterocycles. The van der Waals surface area contributed by atoms with Gasteiger partial charge in [0, 0.05) is 35.6 Å². The van der Waals surface area contributed by atoms with E-state index < -0.39 is 0 Å². The minimum absolute atomic E-state index is 0.160. The number of hydrogen-bond donors (Lipinski definition) is 1. The summed E-state index contributed by atoms with van der Waals surface area (Å²) in [5, 5.41) is 3.78. The van der Waals surface area contributed by atoms with Gasteiger partial charge in [0.25, 0.3) is 0 Å². The molecule has 17 heavy (non-hydrogen) atoms. The Morgan fingerprint density at radius 1 is 1.29 bits per heavy atom. The average Bonchev–Trinajstić information content (AvgIpc) is 2.77. The molecule has 1 aliphatic heterocycles. The zero-order chi connectivity index (χ0) is 11.8. The van der Waals surface area contributed by atoms with Crippen molar-refractivity contribution < 1.29 is 4.39 Å². The first-order valence-electron chi connectivity index (χ1n) is 5.59. The van der Waals surface area contributed by atoms with Gasteiger partial charge in [-0.25, -0.2) is 4.39 Å². The second-order valence-corrected chi connectivity index (χ2v) is 4.56. The van der Waals surface area contributed by atoms with Crippen LogP contribution < -0.4 is 5.32 Å². The van der Waals surface area contributed by atoms with E-state index in [1.165, 1.54) is 6.07 Å². The topological polar surface area (TPSA) is 17.0 Å². The lowest BCUT2D eigenvalue weighted by Gasteiger charge is -2.27. The van der Waals surface area contributed by atoms with Gasteiger partial charge in [0.2, 0.25) is 0 Å². The van der Waals surface area contributed by atoms with Crippen LogP contribution in [0.5, 0.6) is 0 Å². The summed E-state index contributed by atoms with van der Waals surface area (Å²) in [4.78, 5) is 0. The van der Waals surface area contributed by atoms with Crippen molar-refractivity contribution in [2.24, 2.45) is 0 Å². The molecule has 2 nitrogen and oxygen atoms in total. The van der Waals surface area contributed by atoms with Crippen LogP contribution in [0.15, 0.2) is 36.5 Å². The predicted octanol–water partition coefficient (Wildman–Crippen LogP) is 2.97. The summed E-state index contributed by atoms with van der Waals surface area (Å²) in [5.74, 6) is -0.260. The van der Waals surface area contributed by atoms with Crippen LogP contribution in [-0.2, 0) is 6.54 Å². The molecule has 0 spiro atoms. The average molecular weight is 251 g/mol. The Hall–Kier alpha value is -1.32. The highest BCUT2D eigenvalue weighted by atomic mass is 35.5. The first-order chi connectivity index (χ1) is 8.27. The molecule has 1 aliphatic rings. The Bertz CT molecular complexity index is 530. The summed E-state index contributed by atoms with van der Waals surface area (Å²) < 4.78 is 16.0. The fourth-order valence-electron chi connectivity index (χ4n) is 2.36. The van der Waals surface area contributed by atoms with Crippen molar-refractivity contribution in [2.45, 2.75) is 12.6 Å². The summed E-state index contributed by atoms with van der Waals surface area (Å²) in [5.41, 5.74) is 1.59. The van der Waals surface area contributed by atoms with Gasteiger partial charge in [-0.05, 0) is 24.3 Å². The van der Waals surface area contributed by atoms with Crippen molar-refractivity contribution in [1.29, 1.82) is 0 Å². The Morgan fingerprint density at radius 2 is 2.18 bits per heavy atom. The fourth-order valence-corrected chi connectivity index (χ4v) is 2.64. The third-order valence-electron chi connectivity index (χ3n) is 3.15. The molecule has 0 aliphatic carbocycles. The van der Waals surface area contributed by atoms with Crippen LogP contribution in [-0.4, -0.2) is 11.1 Å². The van der Waals surface area contributed by atoms with Gasteiger partial charge < -0.3 is 9.88 Å². The number of rotatable bonds is 1. The van der Waals surface area contributed by atoms with Crippen molar-refractivity contribution >= 4 is 11.6 Å². The minimum atomic E-state index is -0.260. The van der Waals surface area contributed by atoms with E-state index in [0.717, 1.165) is 18.8 Å². The number of nitrogens with one attached hydrogen (secondary N) is 1. The van der Waals surface area contributed by atoms with Gasteiger partial charge in [-0.3, -0.25) is 0 Å². The highest BCUT2D eigenvalue weighted by Crippen LogP contribution is 2.32. The van der Waals surface area contributed by atoms with E-state index in [0.29, 0.717) is 10.6 Å². The highest BCUT2D eigenvalue weighted by Gasteiger charge is 2.25. The third-order valence-corrected chi connectivity index (χ3v) is 3.48.